The molecule has 1 N–H and O–H groups in total. The third-order valence-electron chi connectivity index (χ3n) is 6.57. The third kappa shape index (κ3) is 5.58. The van der Waals surface area contributed by atoms with Crippen molar-refractivity contribution in [2.45, 2.75) is 32.9 Å². The zero-order chi connectivity index (χ0) is 26.8. The average molecular weight is 531 g/mol. The second-order valence-corrected chi connectivity index (χ2v) is 9.78. The van der Waals surface area contributed by atoms with Gasteiger partial charge in [0, 0.05) is 22.8 Å². The number of nitrogens with one attached hydrogen (secondary N) is 1. The normalized spacial score (nSPS) is 12.0. The zero-order valence-corrected chi connectivity index (χ0v) is 21.6. The van der Waals surface area contributed by atoms with Gasteiger partial charge in [-0.15, -0.1) is 0 Å². The Hall–Kier alpha value is -4.10. The number of benzene rings is 3. The van der Waals surface area contributed by atoms with Crippen LogP contribution < -0.4 is 5.32 Å². The quantitative estimate of drug-likeness (QED) is 0.253. The van der Waals surface area contributed by atoms with Crippen LogP contribution in [0, 0.1) is 25.5 Å². The molecule has 0 radical (unpaired) electrons. The number of nitrogens with zero attached hydrogens (tertiary/aromatic N) is 3. The van der Waals surface area contributed by atoms with Gasteiger partial charge in [-0.1, -0.05) is 29.8 Å². The number of carbonyl (C=O) groups is 1. The summed E-state index contributed by atoms with van der Waals surface area (Å²) in [6.07, 6.45) is 3.41. The molecule has 5 nitrogen and oxygen atoms in total. The maximum Gasteiger partial charge on any atom is 0.240 e. The van der Waals surface area contributed by atoms with Gasteiger partial charge in [-0.2, -0.15) is 0 Å². The fourth-order valence-corrected chi connectivity index (χ4v) is 4.71. The van der Waals surface area contributed by atoms with Crippen LogP contribution in [0.3, 0.4) is 0 Å². The van der Waals surface area contributed by atoms with Gasteiger partial charge in [-0.3, -0.25) is 9.78 Å². The van der Waals surface area contributed by atoms with Crippen molar-refractivity contribution in [2.75, 3.05) is 0 Å². The van der Waals surface area contributed by atoms with Gasteiger partial charge in [0.2, 0.25) is 5.91 Å². The fraction of sp³-hybridized carbons (Fsp3) is 0.167. The van der Waals surface area contributed by atoms with Crippen molar-refractivity contribution >= 4 is 28.5 Å². The first kappa shape index (κ1) is 25.5. The number of fused-ring (bicyclic) bond motifs is 1. The SMILES string of the molecule is Cc1cc2ncn(CC(=O)N[C@H](Cc3cc(F)cc(F)c3)c3ncccc3-c3ccc(Cl)cc3)c2cc1C. The molecule has 38 heavy (non-hydrogen) atoms. The zero-order valence-electron chi connectivity index (χ0n) is 20.9. The summed E-state index contributed by atoms with van der Waals surface area (Å²) >= 11 is 6.08. The fourth-order valence-electron chi connectivity index (χ4n) is 4.58. The van der Waals surface area contributed by atoms with Crippen molar-refractivity contribution in [1.82, 2.24) is 19.9 Å². The van der Waals surface area contributed by atoms with E-state index in [0.717, 1.165) is 39.4 Å². The summed E-state index contributed by atoms with van der Waals surface area (Å²) in [5.41, 5.74) is 6.51. The molecule has 0 spiro atoms. The number of aromatic nitrogens is 3. The van der Waals surface area contributed by atoms with Gasteiger partial charge >= 0.3 is 0 Å². The first-order valence-electron chi connectivity index (χ1n) is 12.1. The van der Waals surface area contributed by atoms with E-state index in [2.05, 4.69) is 15.3 Å². The maximum absolute atomic E-state index is 14.0. The summed E-state index contributed by atoms with van der Waals surface area (Å²) in [7, 11) is 0. The van der Waals surface area contributed by atoms with Crippen molar-refractivity contribution in [2.24, 2.45) is 0 Å². The van der Waals surface area contributed by atoms with E-state index in [1.54, 1.807) is 35.3 Å². The minimum atomic E-state index is -0.681. The molecule has 0 aliphatic heterocycles. The molecule has 1 amide bonds. The van der Waals surface area contributed by atoms with Crippen LogP contribution in [0.4, 0.5) is 8.78 Å². The second-order valence-electron chi connectivity index (χ2n) is 9.34. The summed E-state index contributed by atoms with van der Waals surface area (Å²) in [5, 5.41) is 3.64. The summed E-state index contributed by atoms with van der Waals surface area (Å²) in [5.74, 6) is -1.64. The van der Waals surface area contributed by atoms with Crippen molar-refractivity contribution in [3.05, 3.63) is 118 Å². The number of hydrogen-bond acceptors (Lipinski definition) is 3. The highest BCUT2D eigenvalue weighted by molar-refractivity contribution is 6.30. The van der Waals surface area contributed by atoms with Gasteiger partial charge in [0.15, 0.2) is 0 Å². The highest BCUT2D eigenvalue weighted by Gasteiger charge is 2.22. The number of rotatable bonds is 7. The standard InChI is InChI=1S/C30H25ClF2N4O/c1-18-10-26-28(11-19(18)2)37(17-35-26)16-29(38)36-27(14-20-12-23(32)15-24(33)13-20)30-25(4-3-9-34-30)21-5-7-22(31)8-6-21/h3-13,15,17,27H,14,16H2,1-2H3,(H,36,38)/t27-/m1/s1. The number of carbonyl (C=O) groups excluding carboxylic acids is 1. The number of aryl methyl sites for hydroxylation is 2. The van der Waals surface area contributed by atoms with Crippen LogP contribution in [0.1, 0.15) is 28.4 Å². The van der Waals surface area contributed by atoms with E-state index < -0.39 is 17.7 Å². The Labute approximate surface area is 224 Å². The van der Waals surface area contributed by atoms with Crippen LogP contribution in [-0.4, -0.2) is 20.4 Å². The molecule has 0 aliphatic carbocycles. The lowest BCUT2D eigenvalue weighted by Gasteiger charge is -2.22. The molecule has 0 bridgehead atoms. The van der Waals surface area contributed by atoms with E-state index in [1.807, 2.05) is 44.2 Å². The van der Waals surface area contributed by atoms with E-state index in [-0.39, 0.29) is 18.9 Å². The van der Waals surface area contributed by atoms with Crippen molar-refractivity contribution in [3.8, 4) is 11.1 Å². The Morgan fingerprint density at radius 1 is 0.974 bits per heavy atom. The molecule has 5 rings (SSSR count). The van der Waals surface area contributed by atoms with Crippen molar-refractivity contribution in [3.63, 3.8) is 0 Å². The molecule has 2 heterocycles. The first-order chi connectivity index (χ1) is 18.3. The number of imidazole rings is 1. The number of amides is 1. The molecule has 0 unspecified atom stereocenters. The van der Waals surface area contributed by atoms with Gasteiger partial charge in [-0.25, -0.2) is 13.8 Å². The van der Waals surface area contributed by atoms with Gasteiger partial charge in [0.25, 0.3) is 0 Å². The molecule has 0 saturated heterocycles. The Kier molecular flexibility index (Phi) is 7.20. The lowest BCUT2D eigenvalue weighted by molar-refractivity contribution is -0.122. The van der Waals surface area contributed by atoms with E-state index in [1.165, 1.54) is 12.1 Å². The lowest BCUT2D eigenvalue weighted by Crippen LogP contribution is -2.33. The van der Waals surface area contributed by atoms with Crippen molar-refractivity contribution < 1.29 is 13.6 Å². The maximum atomic E-state index is 14.0. The average Bonchev–Trinajstić information content (AvgIpc) is 3.24. The number of pyridine rings is 1. The van der Waals surface area contributed by atoms with E-state index in [0.29, 0.717) is 16.3 Å². The minimum Gasteiger partial charge on any atom is -0.346 e. The van der Waals surface area contributed by atoms with Crippen molar-refractivity contribution in [1.29, 1.82) is 0 Å². The highest BCUT2D eigenvalue weighted by Crippen LogP contribution is 2.30. The van der Waals surface area contributed by atoms with Crippen LogP contribution in [0.25, 0.3) is 22.2 Å². The molecule has 8 heteroatoms. The predicted octanol–water partition coefficient (Wildman–Crippen LogP) is 6.75. The topological polar surface area (TPSA) is 59.8 Å². The Balaban J connectivity index is 1.49. The van der Waals surface area contributed by atoms with Crippen LogP contribution in [-0.2, 0) is 17.8 Å². The van der Waals surface area contributed by atoms with Gasteiger partial charge in [0.05, 0.1) is 29.1 Å². The molecule has 0 aliphatic rings. The molecule has 1 atom stereocenters. The van der Waals surface area contributed by atoms with Crippen LogP contribution in [0.2, 0.25) is 5.02 Å². The van der Waals surface area contributed by atoms with Crippen LogP contribution in [0.15, 0.2) is 79.3 Å². The van der Waals surface area contributed by atoms with E-state index in [4.69, 9.17) is 11.6 Å². The second kappa shape index (κ2) is 10.7. The molecule has 3 aromatic carbocycles. The summed E-state index contributed by atoms with van der Waals surface area (Å²) in [4.78, 5) is 22.4. The third-order valence-corrected chi connectivity index (χ3v) is 6.82. The van der Waals surface area contributed by atoms with Gasteiger partial charge in [-0.05, 0) is 85.0 Å². The lowest BCUT2D eigenvalue weighted by atomic mass is 9.95. The Morgan fingerprint density at radius 3 is 2.42 bits per heavy atom. The molecule has 5 aromatic rings. The molecule has 0 saturated carbocycles. The monoisotopic (exact) mass is 530 g/mol. The molecule has 192 valence electrons. The smallest absolute Gasteiger partial charge is 0.240 e. The number of halogens is 3. The van der Waals surface area contributed by atoms with Gasteiger partial charge in [0.1, 0.15) is 18.2 Å². The minimum absolute atomic E-state index is 0.0239. The molecule has 0 fully saturated rings. The van der Waals surface area contributed by atoms with Gasteiger partial charge < -0.3 is 9.88 Å². The number of hydrogen-bond donors (Lipinski definition) is 1. The van der Waals surface area contributed by atoms with E-state index in [9.17, 15) is 13.6 Å². The predicted molar refractivity (Wildman–Crippen MR) is 145 cm³/mol. The molecular weight excluding hydrogens is 506 g/mol. The van der Waals surface area contributed by atoms with Crippen LogP contribution >= 0.6 is 11.6 Å². The molecular formula is C30H25ClF2N4O. The first-order valence-corrected chi connectivity index (χ1v) is 12.5. The summed E-state index contributed by atoms with van der Waals surface area (Å²) in [6, 6.07) is 17.7. The summed E-state index contributed by atoms with van der Waals surface area (Å²) < 4.78 is 29.8. The largest absolute Gasteiger partial charge is 0.346 e. The van der Waals surface area contributed by atoms with E-state index >= 15 is 0 Å². The Morgan fingerprint density at radius 2 is 1.68 bits per heavy atom. The highest BCUT2D eigenvalue weighted by atomic mass is 35.5. The summed E-state index contributed by atoms with van der Waals surface area (Å²) in [6.45, 7) is 4.06. The Bertz CT molecular complexity index is 1610. The molecule has 2 aromatic heterocycles. The van der Waals surface area contributed by atoms with Crippen LogP contribution in [0.5, 0.6) is 0 Å².